The van der Waals surface area contributed by atoms with E-state index >= 15 is 0 Å². The van der Waals surface area contributed by atoms with Gasteiger partial charge in [0.15, 0.2) is 5.96 Å². The standard InChI is InChI=1S/C23H36FN5O.HI/c1-25-23(26-15-21(28(2)3)18-10-7-11-19(24)14-18)27-20-12-13-29(16-20)22(30)17-8-5-4-6-9-17;/h7,10-11,14,17,20-21H,4-6,8-9,12-13,15-16H2,1-3H3,(H2,25,26,27);1H. The molecular weight excluding hydrogens is 508 g/mol. The van der Waals surface area contributed by atoms with Gasteiger partial charge in [0.05, 0.1) is 6.04 Å². The molecule has 1 saturated heterocycles. The molecule has 8 heteroatoms. The van der Waals surface area contributed by atoms with E-state index in [4.69, 9.17) is 0 Å². The van der Waals surface area contributed by atoms with Gasteiger partial charge in [-0.3, -0.25) is 9.79 Å². The molecule has 2 unspecified atom stereocenters. The van der Waals surface area contributed by atoms with Crippen LogP contribution in [-0.2, 0) is 4.79 Å². The Labute approximate surface area is 203 Å². The van der Waals surface area contributed by atoms with Crippen LogP contribution in [0.2, 0.25) is 0 Å². The molecule has 1 aromatic carbocycles. The highest BCUT2D eigenvalue weighted by molar-refractivity contribution is 14.0. The minimum atomic E-state index is -0.226. The summed E-state index contributed by atoms with van der Waals surface area (Å²) in [6, 6.07) is 6.95. The Balaban J connectivity index is 0.00000341. The number of guanidine groups is 1. The van der Waals surface area contributed by atoms with Crippen molar-refractivity contribution in [3.8, 4) is 0 Å². The molecule has 6 nitrogen and oxygen atoms in total. The lowest BCUT2D eigenvalue weighted by molar-refractivity contribution is -0.135. The fourth-order valence-corrected chi connectivity index (χ4v) is 4.58. The lowest BCUT2D eigenvalue weighted by Crippen LogP contribution is -2.47. The Morgan fingerprint density at radius 3 is 2.65 bits per heavy atom. The molecule has 1 aliphatic carbocycles. The molecule has 1 aromatic rings. The molecule has 1 amide bonds. The van der Waals surface area contributed by atoms with Gasteiger partial charge in [0.25, 0.3) is 0 Å². The van der Waals surface area contributed by atoms with E-state index in [2.05, 4.69) is 20.5 Å². The van der Waals surface area contributed by atoms with E-state index in [1.807, 2.05) is 25.1 Å². The number of hydrogen-bond acceptors (Lipinski definition) is 3. The second-order valence-electron chi connectivity index (χ2n) is 8.74. The number of nitrogens with one attached hydrogen (secondary N) is 2. The Kier molecular flexibility index (Phi) is 10.5. The monoisotopic (exact) mass is 545 g/mol. The minimum absolute atomic E-state index is 0. The summed E-state index contributed by atoms with van der Waals surface area (Å²) in [5.41, 5.74) is 0.924. The van der Waals surface area contributed by atoms with Gasteiger partial charge in [0, 0.05) is 38.6 Å². The first kappa shape index (κ1) is 25.8. The molecule has 2 atom stereocenters. The quantitative estimate of drug-likeness (QED) is 0.327. The average molecular weight is 545 g/mol. The third-order valence-corrected chi connectivity index (χ3v) is 6.34. The van der Waals surface area contributed by atoms with Gasteiger partial charge in [0.2, 0.25) is 5.91 Å². The maximum atomic E-state index is 13.7. The largest absolute Gasteiger partial charge is 0.354 e. The third kappa shape index (κ3) is 7.30. The first-order valence-electron chi connectivity index (χ1n) is 11.2. The molecule has 174 valence electrons. The first-order valence-corrected chi connectivity index (χ1v) is 11.2. The van der Waals surface area contributed by atoms with Crippen LogP contribution in [0.3, 0.4) is 0 Å². The number of nitrogens with zero attached hydrogens (tertiary/aromatic N) is 3. The SMILES string of the molecule is CN=C(NCC(c1cccc(F)c1)N(C)C)NC1CCN(C(=O)C2CCCCC2)C1.I. The molecule has 1 saturated carbocycles. The van der Waals surface area contributed by atoms with Crippen molar-refractivity contribution in [2.45, 2.75) is 50.6 Å². The van der Waals surface area contributed by atoms with Gasteiger partial charge in [-0.1, -0.05) is 31.4 Å². The summed E-state index contributed by atoms with van der Waals surface area (Å²) < 4.78 is 13.7. The number of likely N-dealkylation sites (N-methyl/N-ethyl adjacent to an activating group) is 1. The summed E-state index contributed by atoms with van der Waals surface area (Å²) in [6.07, 6.45) is 6.65. The minimum Gasteiger partial charge on any atom is -0.354 e. The lowest BCUT2D eigenvalue weighted by Gasteiger charge is -2.27. The Bertz CT molecular complexity index is 738. The van der Waals surface area contributed by atoms with Crippen molar-refractivity contribution < 1.29 is 9.18 Å². The zero-order chi connectivity index (χ0) is 21.5. The molecular formula is C23H37FIN5O. The van der Waals surface area contributed by atoms with Crippen LogP contribution >= 0.6 is 24.0 Å². The van der Waals surface area contributed by atoms with E-state index < -0.39 is 0 Å². The number of benzene rings is 1. The number of halogens is 2. The van der Waals surface area contributed by atoms with Crippen LogP contribution in [0.15, 0.2) is 29.3 Å². The lowest BCUT2D eigenvalue weighted by atomic mass is 9.88. The summed E-state index contributed by atoms with van der Waals surface area (Å²) in [7, 11) is 5.72. The summed E-state index contributed by atoms with van der Waals surface area (Å²) in [5, 5.41) is 6.84. The van der Waals surface area contributed by atoms with Crippen molar-refractivity contribution in [3.63, 3.8) is 0 Å². The molecule has 0 spiro atoms. The highest BCUT2D eigenvalue weighted by Gasteiger charge is 2.31. The average Bonchev–Trinajstić information content (AvgIpc) is 3.21. The van der Waals surface area contributed by atoms with Crippen LogP contribution in [0.25, 0.3) is 0 Å². The van der Waals surface area contributed by atoms with Gasteiger partial charge in [-0.05, 0) is 51.1 Å². The van der Waals surface area contributed by atoms with E-state index in [0.717, 1.165) is 43.9 Å². The summed E-state index contributed by atoms with van der Waals surface area (Å²) in [5.74, 6) is 1.05. The normalized spacial score (nSPS) is 21.0. The zero-order valence-corrected chi connectivity index (χ0v) is 21.3. The molecule has 0 bridgehead atoms. The maximum Gasteiger partial charge on any atom is 0.225 e. The van der Waals surface area contributed by atoms with E-state index in [1.54, 1.807) is 19.2 Å². The van der Waals surface area contributed by atoms with Crippen LogP contribution in [0, 0.1) is 11.7 Å². The summed E-state index contributed by atoms with van der Waals surface area (Å²) in [6.45, 7) is 2.15. The van der Waals surface area contributed by atoms with Crippen molar-refractivity contribution in [1.29, 1.82) is 0 Å². The predicted molar refractivity (Wildman–Crippen MR) is 134 cm³/mol. The van der Waals surface area contributed by atoms with Crippen LogP contribution in [0.5, 0.6) is 0 Å². The maximum absolute atomic E-state index is 13.7. The Hall–Kier alpha value is -1.42. The molecule has 31 heavy (non-hydrogen) atoms. The number of aliphatic imine (C=N–C) groups is 1. The van der Waals surface area contributed by atoms with Crippen molar-refractivity contribution in [1.82, 2.24) is 20.4 Å². The fraction of sp³-hybridized carbons (Fsp3) is 0.652. The van der Waals surface area contributed by atoms with Gasteiger partial charge in [-0.2, -0.15) is 0 Å². The predicted octanol–water partition coefficient (Wildman–Crippen LogP) is 3.39. The molecule has 1 aliphatic heterocycles. The number of carbonyl (C=O) groups is 1. The molecule has 2 fully saturated rings. The second kappa shape index (κ2) is 12.6. The molecule has 0 radical (unpaired) electrons. The third-order valence-electron chi connectivity index (χ3n) is 6.34. The fourth-order valence-electron chi connectivity index (χ4n) is 4.58. The Morgan fingerprint density at radius 2 is 2.00 bits per heavy atom. The van der Waals surface area contributed by atoms with E-state index in [1.165, 1.54) is 25.3 Å². The number of likely N-dealkylation sites (tertiary alicyclic amines) is 1. The van der Waals surface area contributed by atoms with E-state index in [-0.39, 0.29) is 47.8 Å². The summed E-state index contributed by atoms with van der Waals surface area (Å²) >= 11 is 0. The van der Waals surface area contributed by atoms with E-state index in [9.17, 15) is 9.18 Å². The second-order valence-corrected chi connectivity index (χ2v) is 8.74. The zero-order valence-electron chi connectivity index (χ0n) is 18.9. The van der Waals surface area contributed by atoms with Gasteiger partial charge in [0.1, 0.15) is 5.82 Å². The van der Waals surface area contributed by atoms with Crippen LogP contribution in [-0.4, -0.2) is 68.5 Å². The van der Waals surface area contributed by atoms with Crippen LogP contribution in [0.4, 0.5) is 4.39 Å². The van der Waals surface area contributed by atoms with Gasteiger partial charge in [-0.25, -0.2) is 4.39 Å². The van der Waals surface area contributed by atoms with Gasteiger partial charge >= 0.3 is 0 Å². The van der Waals surface area contributed by atoms with Crippen LogP contribution in [0.1, 0.15) is 50.1 Å². The van der Waals surface area contributed by atoms with Crippen molar-refractivity contribution in [2.24, 2.45) is 10.9 Å². The topological polar surface area (TPSA) is 60.0 Å². The highest BCUT2D eigenvalue weighted by atomic mass is 127. The molecule has 3 rings (SSSR count). The molecule has 2 aliphatic rings. The number of carbonyl (C=O) groups excluding carboxylic acids is 1. The smallest absolute Gasteiger partial charge is 0.225 e. The number of amides is 1. The van der Waals surface area contributed by atoms with Crippen molar-refractivity contribution >= 4 is 35.8 Å². The van der Waals surface area contributed by atoms with Crippen molar-refractivity contribution in [2.75, 3.05) is 40.8 Å². The van der Waals surface area contributed by atoms with Crippen LogP contribution < -0.4 is 10.6 Å². The van der Waals surface area contributed by atoms with E-state index in [0.29, 0.717) is 12.5 Å². The first-order chi connectivity index (χ1) is 14.5. The molecule has 2 N–H and O–H groups in total. The molecule has 1 heterocycles. The number of rotatable bonds is 6. The highest BCUT2D eigenvalue weighted by Crippen LogP contribution is 2.26. The van der Waals surface area contributed by atoms with Gasteiger partial charge in [-0.15, -0.1) is 24.0 Å². The summed E-state index contributed by atoms with van der Waals surface area (Å²) in [4.78, 5) is 21.2. The number of hydrogen-bond donors (Lipinski definition) is 2. The van der Waals surface area contributed by atoms with Crippen molar-refractivity contribution in [3.05, 3.63) is 35.6 Å². The Morgan fingerprint density at radius 1 is 1.26 bits per heavy atom. The molecule has 0 aromatic heterocycles. The van der Waals surface area contributed by atoms with Gasteiger partial charge < -0.3 is 20.4 Å².